The first-order valence-electron chi connectivity index (χ1n) is 6.15. The van der Waals surface area contributed by atoms with Crippen LogP contribution in [0.3, 0.4) is 0 Å². The molecule has 0 saturated heterocycles. The van der Waals surface area contributed by atoms with Crippen molar-refractivity contribution < 1.29 is 9.53 Å². The Morgan fingerprint density at radius 2 is 2.05 bits per heavy atom. The van der Waals surface area contributed by atoms with Gasteiger partial charge in [-0.2, -0.15) is 5.10 Å². The van der Waals surface area contributed by atoms with Gasteiger partial charge in [-0.25, -0.2) is 0 Å². The number of hydrogen-bond acceptors (Lipinski definition) is 3. The monoisotopic (exact) mass is 293 g/mol. The number of nitrogens with zero attached hydrogens (tertiary/aromatic N) is 2. The highest BCUT2D eigenvalue weighted by Crippen LogP contribution is 2.25. The molecule has 0 unspecified atom stereocenters. The number of nitrogens with one attached hydrogen (secondary N) is 1. The Morgan fingerprint density at radius 1 is 1.40 bits per heavy atom. The fourth-order valence-electron chi connectivity index (χ4n) is 1.81. The molecule has 0 aliphatic rings. The summed E-state index contributed by atoms with van der Waals surface area (Å²) in [4.78, 5) is 11.8. The summed E-state index contributed by atoms with van der Waals surface area (Å²) in [5.41, 5.74) is 1.85. The number of halogens is 1. The minimum absolute atomic E-state index is 0.0638. The molecule has 0 bridgehead atoms. The van der Waals surface area contributed by atoms with E-state index in [0.29, 0.717) is 11.6 Å². The van der Waals surface area contributed by atoms with Gasteiger partial charge in [-0.05, 0) is 37.1 Å². The largest absolute Gasteiger partial charge is 0.484 e. The molecule has 106 valence electrons. The number of aromatic nitrogens is 2. The highest BCUT2D eigenvalue weighted by atomic mass is 35.5. The van der Waals surface area contributed by atoms with E-state index in [-0.39, 0.29) is 12.5 Å². The van der Waals surface area contributed by atoms with Crippen LogP contribution in [-0.4, -0.2) is 22.3 Å². The van der Waals surface area contributed by atoms with Gasteiger partial charge in [0.1, 0.15) is 11.6 Å². The normalized spacial score (nSPS) is 10.4. The molecule has 1 heterocycles. The van der Waals surface area contributed by atoms with Gasteiger partial charge in [-0.1, -0.05) is 11.6 Å². The number of aryl methyl sites for hydroxylation is 3. The van der Waals surface area contributed by atoms with Crippen LogP contribution < -0.4 is 10.1 Å². The molecule has 0 spiro atoms. The minimum Gasteiger partial charge on any atom is -0.484 e. The van der Waals surface area contributed by atoms with Crippen LogP contribution in [0.2, 0.25) is 5.02 Å². The zero-order valence-electron chi connectivity index (χ0n) is 11.6. The summed E-state index contributed by atoms with van der Waals surface area (Å²) in [6, 6.07) is 5.34. The van der Waals surface area contributed by atoms with Crippen molar-refractivity contribution >= 4 is 23.3 Å². The molecule has 6 heteroatoms. The van der Waals surface area contributed by atoms with Gasteiger partial charge in [0.2, 0.25) is 0 Å². The standard InChI is InChI=1S/C14H16ClN3O2/c1-9-6-11(7-10(2)14(9)15)20-8-13(19)17-12-4-5-16-18(12)3/h4-7H,8H2,1-3H3,(H,17,19). The Labute approximate surface area is 122 Å². The van der Waals surface area contributed by atoms with Gasteiger partial charge in [0.05, 0.1) is 6.20 Å². The molecule has 0 aliphatic carbocycles. The van der Waals surface area contributed by atoms with Gasteiger partial charge in [0, 0.05) is 18.1 Å². The fourth-order valence-corrected chi connectivity index (χ4v) is 1.92. The van der Waals surface area contributed by atoms with E-state index >= 15 is 0 Å². The highest BCUT2D eigenvalue weighted by molar-refractivity contribution is 6.32. The number of carbonyl (C=O) groups is 1. The predicted molar refractivity (Wildman–Crippen MR) is 78.3 cm³/mol. The van der Waals surface area contributed by atoms with Gasteiger partial charge in [0.15, 0.2) is 6.61 Å². The van der Waals surface area contributed by atoms with E-state index in [1.807, 2.05) is 26.0 Å². The molecule has 20 heavy (non-hydrogen) atoms. The number of ether oxygens (including phenoxy) is 1. The first-order chi connectivity index (χ1) is 9.47. The second-order valence-corrected chi connectivity index (χ2v) is 4.93. The molecule has 2 aromatic rings. The molecular weight excluding hydrogens is 278 g/mol. The van der Waals surface area contributed by atoms with Gasteiger partial charge in [0.25, 0.3) is 5.91 Å². The zero-order valence-corrected chi connectivity index (χ0v) is 12.4. The van der Waals surface area contributed by atoms with Gasteiger partial charge in [-0.3, -0.25) is 9.48 Å². The van der Waals surface area contributed by atoms with E-state index in [0.717, 1.165) is 16.1 Å². The summed E-state index contributed by atoms with van der Waals surface area (Å²) in [5, 5.41) is 7.40. The second kappa shape index (κ2) is 5.96. The first kappa shape index (κ1) is 14.4. The Balaban J connectivity index is 1.95. The van der Waals surface area contributed by atoms with E-state index in [2.05, 4.69) is 10.4 Å². The number of hydrogen-bond donors (Lipinski definition) is 1. The molecule has 5 nitrogen and oxygen atoms in total. The molecule has 0 aliphatic heterocycles. The molecule has 0 atom stereocenters. The van der Waals surface area contributed by atoms with Crippen LogP contribution >= 0.6 is 11.6 Å². The van der Waals surface area contributed by atoms with E-state index in [9.17, 15) is 4.79 Å². The smallest absolute Gasteiger partial charge is 0.263 e. The first-order valence-corrected chi connectivity index (χ1v) is 6.52. The molecule has 0 saturated carbocycles. The maximum Gasteiger partial charge on any atom is 0.263 e. The van der Waals surface area contributed by atoms with Crippen LogP contribution in [0.25, 0.3) is 0 Å². The third-order valence-electron chi connectivity index (χ3n) is 2.87. The maximum atomic E-state index is 11.8. The van der Waals surface area contributed by atoms with Crippen molar-refractivity contribution in [1.82, 2.24) is 9.78 Å². The number of amides is 1. The van der Waals surface area contributed by atoms with E-state index in [4.69, 9.17) is 16.3 Å². The third-order valence-corrected chi connectivity index (χ3v) is 3.46. The summed E-state index contributed by atoms with van der Waals surface area (Å²) in [6.45, 7) is 3.74. The SMILES string of the molecule is Cc1cc(OCC(=O)Nc2ccnn2C)cc(C)c1Cl. The van der Waals surface area contributed by atoms with E-state index in [1.54, 1.807) is 24.0 Å². The summed E-state index contributed by atoms with van der Waals surface area (Å²) in [5.74, 6) is 1.02. The Bertz CT molecular complexity index is 614. The molecule has 2 rings (SSSR count). The van der Waals surface area contributed by atoms with Crippen molar-refractivity contribution in [3.8, 4) is 5.75 Å². The number of rotatable bonds is 4. The quantitative estimate of drug-likeness (QED) is 0.943. The predicted octanol–water partition coefficient (Wildman–Crippen LogP) is 2.71. The Kier molecular flexibility index (Phi) is 4.29. The Hall–Kier alpha value is -2.01. The molecule has 0 fully saturated rings. The van der Waals surface area contributed by atoms with Crippen LogP contribution in [0.5, 0.6) is 5.75 Å². The highest BCUT2D eigenvalue weighted by Gasteiger charge is 2.08. The van der Waals surface area contributed by atoms with Crippen molar-refractivity contribution in [2.75, 3.05) is 11.9 Å². The number of carbonyl (C=O) groups excluding carboxylic acids is 1. The summed E-state index contributed by atoms with van der Waals surface area (Å²) >= 11 is 6.08. The third kappa shape index (κ3) is 3.30. The summed E-state index contributed by atoms with van der Waals surface area (Å²) < 4.78 is 7.05. The van der Waals surface area contributed by atoms with Crippen LogP contribution in [0, 0.1) is 13.8 Å². The van der Waals surface area contributed by atoms with Crippen molar-refractivity contribution in [1.29, 1.82) is 0 Å². The van der Waals surface area contributed by atoms with Crippen molar-refractivity contribution in [3.05, 3.63) is 40.5 Å². The molecule has 0 radical (unpaired) electrons. The summed E-state index contributed by atoms with van der Waals surface area (Å²) in [7, 11) is 1.75. The topological polar surface area (TPSA) is 56.1 Å². The zero-order chi connectivity index (χ0) is 14.7. The fraction of sp³-hybridized carbons (Fsp3) is 0.286. The van der Waals surface area contributed by atoms with Crippen LogP contribution in [0.1, 0.15) is 11.1 Å². The average molecular weight is 294 g/mol. The van der Waals surface area contributed by atoms with Crippen molar-refractivity contribution in [2.45, 2.75) is 13.8 Å². The molecule has 1 N–H and O–H groups in total. The lowest BCUT2D eigenvalue weighted by molar-refractivity contribution is -0.118. The lowest BCUT2D eigenvalue weighted by atomic mass is 10.1. The van der Waals surface area contributed by atoms with Crippen molar-refractivity contribution in [3.63, 3.8) is 0 Å². The molecule has 1 aromatic carbocycles. The molecule has 1 amide bonds. The average Bonchev–Trinajstić information content (AvgIpc) is 2.79. The Morgan fingerprint density at radius 3 is 2.60 bits per heavy atom. The van der Waals surface area contributed by atoms with Gasteiger partial charge >= 0.3 is 0 Å². The van der Waals surface area contributed by atoms with Gasteiger partial charge in [-0.15, -0.1) is 0 Å². The lowest BCUT2D eigenvalue weighted by Crippen LogP contribution is -2.21. The van der Waals surface area contributed by atoms with E-state index in [1.165, 1.54) is 0 Å². The van der Waals surface area contributed by atoms with Crippen molar-refractivity contribution in [2.24, 2.45) is 7.05 Å². The van der Waals surface area contributed by atoms with Gasteiger partial charge < -0.3 is 10.1 Å². The number of anilines is 1. The maximum absolute atomic E-state index is 11.8. The van der Waals surface area contributed by atoms with Crippen LogP contribution in [0.4, 0.5) is 5.82 Å². The summed E-state index contributed by atoms with van der Waals surface area (Å²) in [6.07, 6.45) is 1.61. The molecule has 1 aromatic heterocycles. The van der Waals surface area contributed by atoms with E-state index < -0.39 is 0 Å². The van der Waals surface area contributed by atoms with Crippen LogP contribution in [0.15, 0.2) is 24.4 Å². The lowest BCUT2D eigenvalue weighted by Gasteiger charge is -2.10. The minimum atomic E-state index is -0.237. The molecular formula is C14H16ClN3O2. The number of benzene rings is 1. The van der Waals surface area contributed by atoms with Crippen LogP contribution in [-0.2, 0) is 11.8 Å². The second-order valence-electron chi connectivity index (χ2n) is 4.55.